The molecule has 0 aromatic rings. The predicted octanol–water partition coefficient (Wildman–Crippen LogP) is -0.228. The Morgan fingerprint density at radius 1 is 1.82 bits per heavy atom. The first-order chi connectivity index (χ1) is 5.16. The lowest BCUT2D eigenvalue weighted by Gasteiger charge is -2.37. The zero-order valence-electron chi connectivity index (χ0n) is 6.52. The molecule has 1 aliphatic heterocycles. The first kappa shape index (κ1) is 8.09. The molecule has 0 bridgehead atoms. The molecule has 0 unspecified atom stereocenters. The summed E-state index contributed by atoms with van der Waals surface area (Å²) in [6.45, 7) is 4.07. The minimum atomic E-state index is -0.349. The molecule has 0 spiro atoms. The van der Waals surface area contributed by atoms with Gasteiger partial charge in [-0.15, -0.1) is 6.42 Å². The summed E-state index contributed by atoms with van der Waals surface area (Å²) < 4.78 is 5.00. The molecule has 1 amide bonds. The van der Waals surface area contributed by atoms with Gasteiger partial charge in [-0.25, -0.2) is 0 Å². The van der Waals surface area contributed by atoms with E-state index in [2.05, 4.69) is 5.32 Å². The molecule has 3 heteroatoms. The van der Waals surface area contributed by atoms with Gasteiger partial charge in [0.15, 0.2) is 0 Å². The average Bonchev–Trinajstić information content (AvgIpc) is 1.96. The third-order valence-electron chi connectivity index (χ3n) is 1.71. The van der Waals surface area contributed by atoms with Crippen LogP contribution in [0.15, 0.2) is 0 Å². The van der Waals surface area contributed by atoms with Gasteiger partial charge in [-0.05, 0) is 5.92 Å². The molecular weight excluding hydrogens is 142 g/mol. The van der Waals surface area contributed by atoms with Crippen LogP contribution in [0.4, 0.5) is 0 Å². The van der Waals surface area contributed by atoms with Crippen LogP contribution in [0.25, 0.3) is 0 Å². The van der Waals surface area contributed by atoms with Gasteiger partial charge in [-0.1, -0.05) is 6.92 Å². The summed E-state index contributed by atoms with van der Waals surface area (Å²) >= 11 is 0. The summed E-state index contributed by atoms with van der Waals surface area (Å²) in [6, 6.07) is 0. The monoisotopic (exact) mass is 153 g/mol. The highest BCUT2D eigenvalue weighted by molar-refractivity contribution is 5.92. The predicted molar refractivity (Wildman–Crippen MR) is 40.8 cm³/mol. The molecule has 1 heterocycles. The molecule has 0 aliphatic carbocycles. The summed E-state index contributed by atoms with van der Waals surface area (Å²) in [5, 5.41) is 2.62. The van der Waals surface area contributed by atoms with E-state index >= 15 is 0 Å². The molecule has 1 saturated heterocycles. The maximum absolute atomic E-state index is 10.6. The van der Waals surface area contributed by atoms with Crippen LogP contribution in [0.2, 0.25) is 0 Å². The second-order valence-electron chi connectivity index (χ2n) is 3.13. The van der Waals surface area contributed by atoms with E-state index in [1.807, 2.05) is 12.8 Å². The zero-order chi connectivity index (χ0) is 8.32. The third kappa shape index (κ3) is 1.95. The van der Waals surface area contributed by atoms with E-state index in [4.69, 9.17) is 11.2 Å². The van der Waals surface area contributed by atoms with E-state index in [0.717, 1.165) is 0 Å². The Morgan fingerprint density at radius 3 is 2.82 bits per heavy atom. The summed E-state index contributed by atoms with van der Waals surface area (Å²) in [7, 11) is 0. The zero-order valence-corrected chi connectivity index (χ0v) is 6.52. The molecule has 0 aromatic carbocycles. The van der Waals surface area contributed by atoms with Crippen molar-refractivity contribution in [3.63, 3.8) is 0 Å². The van der Waals surface area contributed by atoms with Gasteiger partial charge in [0.25, 0.3) is 5.91 Å². The van der Waals surface area contributed by atoms with Crippen molar-refractivity contribution in [1.29, 1.82) is 0 Å². The molecule has 0 saturated carbocycles. The van der Waals surface area contributed by atoms with Crippen LogP contribution >= 0.6 is 0 Å². The van der Waals surface area contributed by atoms with Crippen LogP contribution in [0.3, 0.4) is 0 Å². The van der Waals surface area contributed by atoms with Gasteiger partial charge in [0, 0.05) is 12.0 Å². The van der Waals surface area contributed by atoms with Gasteiger partial charge in [-0.3, -0.25) is 4.79 Å². The first-order valence-electron chi connectivity index (χ1n) is 3.48. The van der Waals surface area contributed by atoms with Gasteiger partial charge in [0.1, 0.15) is 0 Å². The van der Waals surface area contributed by atoms with Crippen molar-refractivity contribution >= 4 is 5.91 Å². The Kier molecular flexibility index (Phi) is 2.16. The fourth-order valence-corrected chi connectivity index (χ4v) is 0.897. The number of nitrogens with one attached hydrogen (secondary N) is 1. The van der Waals surface area contributed by atoms with Gasteiger partial charge in [-0.2, -0.15) is 0 Å². The molecule has 0 aromatic heterocycles. The molecule has 3 nitrogen and oxygen atoms in total. The van der Waals surface area contributed by atoms with Crippen molar-refractivity contribution in [2.75, 3.05) is 19.8 Å². The number of hydrogen-bond acceptors (Lipinski definition) is 2. The lowest BCUT2D eigenvalue weighted by Crippen LogP contribution is -2.48. The number of carbonyl (C=O) groups excluding carboxylic acids is 1. The highest BCUT2D eigenvalue weighted by atomic mass is 16.5. The summed E-state index contributed by atoms with van der Waals surface area (Å²) in [6.07, 6.45) is 4.87. The molecule has 1 aliphatic rings. The molecular formula is C8H11NO2. The van der Waals surface area contributed by atoms with E-state index in [-0.39, 0.29) is 11.3 Å². The summed E-state index contributed by atoms with van der Waals surface area (Å²) in [5.41, 5.74) is 0.104. The number of rotatable bonds is 2. The quantitative estimate of drug-likeness (QED) is 0.557. The van der Waals surface area contributed by atoms with E-state index in [0.29, 0.717) is 19.8 Å². The second kappa shape index (κ2) is 2.93. The van der Waals surface area contributed by atoms with Gasteiger partial charge < -0.3 is 10.1 Å². The minimum absolute atomic E-state index is 0.104. The van der Waals surface area contributed by atoms with Crippen molar-refractivity contribution in [2.24, 2.45) is 5.41 Å². The fraction of sp³-hybridized carbons (Fsp3) is 0.625. The molecule has 0 radical (unpaired) electrons. The van der Waals surface area contributed by atoms with Crippen molar-refractivity contribution in [2.45, 2.75) is 6.92 Å². The van der Waals surface area contributed by atoms with Crippen LogP contribution in [0.1, 0.15) is 6.92 Å². The standard InChI is InChI=1S/C8H11NO2/c1-3-7(10)9-4-8(2)5-11-6-8/h1H,4-6H2,2H3,(H,9,10). The molecule has 0 atom stereocenters. The summed E-state index contributed by atoms with van der Waals surface area (Å²) in [5.74, 6) is 1.65. The normalized spacial score (nSPS) is 19.6. The maximum atomic E-state index is 10.6. The smallest absolute Gasteiger partial charge is 0.295 e. The Morgan fingerprint density at radius 2 is 2.45 bits per heavy atom. The highest BCUT2D eigenvalue weighted by Crippen LogP contribution is 2.24. The highest BCUT2D eigenvalue weighted by Gasteiger charge is 2.33. The molecule has 11 heavy (non-hydrogen) atoms. The number of hydrogen-bond donors (Lipinski definition) is 1. The Labute approximate surface area is 66.1 Å². The Balaban J connectivity index is 2.22. The van der Waals surface area contributed by atoms with Crippen molar-refractivity contribution < 1.29 is 9.53 Å². The van der Waals surface area contributed by atoms with Crippen LogP contribution in [0.5, 0.6) is 0 Å². The topological polar surface area (TPSA) is 38.3 Å². The molecule has 1 N–H and O–H groups in total. The van der Waals surface area contributed by atoms with Crippen molar-refractivity contribution in [3.8, 4) is 12.3 Å². The second-order valence-corrected chi connectivity index (χ2v) is 3.13. The number of amides is 1. The Hall–Kier alpha value is -1.01. The van der Waals surface area contributed by atoms with E-state index in [1.165, 1.54) is 0 Å². The van der Waals surface area contributed by atoms with E-state index in [1.54, 1.807) is 0 Å². The van der Waals surface area contributed by atoms with Gasteiger partial charge in [0.05, 0.1) is 13.2 Å². The number of terminal acetylenes is 1. The lowest BCUT2D eigenvalue weighted by atomic mass is 9.89. The van der Waals surface area contributed by atoms with Gasteiger partial charge in [0.2, 0.25) is 0 Å². The van der Waals surface area contributed by atoms with Crippen LogP contribution in [-0.2, 0) is 9.53 Å². The van der Waals surface area contributed by atoms with Gasteiger partial charge >= 0.3 is 0 Å². The van der Waals surface area contributed by atoms with Crippen molar-refractivity contribution in [1.82, 2.24) is 5.32 Å². The first-order valence-corrected chi connectivity index (χ1v) is 3.48. The Bertz CT molecular complexity index is 201. The van der Waals surface area contributed by atoms with Crippen LogP contribution in [0, 0.1) is 17.8 Å². The van der Waals surface area contributed by atoms with E-state index < -0.39 is 0 Å². The van der Waals surface area contributed by atoms with E-state index in [9.17, 15) is 4.79 Å². The van der Waals surface area contributed by atoms with Crippen LogP contribution < -0.4 is 5.32 Å². The van der Waals surface area contributed by atoms with Crippen molar-refractivity contribution in [3.05, 3.63) is 0 Å². The summed E-state index contributed by atoms with van der Waals surface area (Å²) in [4.78, 5) is 10.6. The lowest BCUT2D eigenvalue weighted by molar-refractivity contribution is -0.122. The minimum Gasteiger partial charge on any atom is -0.380 e. The fourth-order valence-electron chi connectivity index (χ4n) is 0.897. The third-order valence-corrected chi connectivity index (χ3v) is 1.71. The molecule has 1 fully saturated rings. The molecule has 1 rings (SSSR count). The molecule has 60 valence electrons. The van der Waals surface area contributed by atoms with Crippen LogP contribution in [-0.4, -0.2) is 25.7 Å². The maximum Gasteiger partial charge on any atom is 0.295 e. The largest absolute Gasteiger partial charge is 0.380 e. The average molecular weight is 153 g/mol. The number of ether oxygens (including phenoxy) is 1. The number of carbonyl (C=O) groups is 1. The SMILES string of the molecule is C#CC(=O)NCC1(C)COC1.